The SMILES string of the molecule is O=C(Nc1ccccc1)Oc1ccc(Nc2ccc(Nc3ccccc3)cc2)cc1. The molecule has 0 spiro atoms. The van der Waals surface area contributed by atoms with Crippen molar-refractivity contribution in [2.45, 2.75) is 0 Å². The Morgan fingerprint density at radius 1 is 0.500 bits per heavy atom. The predicted octanol–water partition coefficient (Wildman–Crippen LogP) is 6.78. The Kier molecular flexibility index (Phi) is 5.91. The van der Waals surface area contributed by atoms with Crippen LogP contribution in [0.4, 0.5) is 33.2 Å². The van der Waals surface area contributed by atoms with Crippen LogP contribution >= 0.6 is 0 Å². The molecule has 4 aromatic rings. The molecule has 4 aromatic carbocycles. The largest absolute Gasteiger partial charge is 0.417 e. The van der Waals surface area contributed by atoms with E-state index in [0.717, 1.165) is 22.7 Å². The van der Waals surface area contributed by atoms with Crippen molar-refractivity contribution >= 4 is 34.5 Å². The quantitative estimate of drug-likeness (QED) is 0.336. The molecule has 0 aromatic heterocycles. The molecule has 30 heavy (non-hydrogen) atoms. The first-order chi connectivity index (χ1) is 14.7. The molecule has 0 saturated heterocycles. The first kappa shape index (κ1) is 19.1. The normalized spacial score (nSPS) is 10.1. The molecule has 148 valence electrons. The van der Waals surface area contributed by atoms with Crippen LogP contribution in [0.25, 0.3) is 0 Å². The maximum atomic E-state index is 12.0. The Morgan fingerprint density at radius 3 is 1.40 bits per heavy atom. The summed E-state index contributed by atoms with van der Waals surface area (Å²) in [4.78, 5) is 12.0. The van der Waals surface area contributed by atoms with Gasteiger partial charge < -0.3 is 15.4 Å². The van der Waals surface area contributed by atoms with Crippen molar-refractivity contribution in [2.24, 2.45) is 0 Å². The minimum Gasteiger partial charge on any atom is -0.410 e. The van der Waals surface area contributed by atoms with Crippen LogP contribution in [-0.2, 0) is 0 Å². The summed E-state index contributed by atoms with van der Waals surface area (Å²) >= 11 is 0. The van der Waals surface area contributed by atoms with Gasteiger partial charge in [-0.3, -0.25) is 5.32 Å². The second kappa shape index (κ2) is 9.30. The summed E-state index contributed by atoms with van der Waals surface area (Å²) in [5.74, 6) is 0.469. The topological polar surface area (TPSA) is 62.4 Å². The molecule has 0 bridgehead atoms. The third-order valence-electron chi connectivity index (χ3n) is 4.32. The van der Waals surface area contributed by atoms with Crippen molar-refractivity contribution in [1.29, 1.82) is 0 Å². The van der Waals surface area contributed by atoms with Crippen molar-refractivity contribution in [1.82, 2.24) is 0 Å². The van der Waals surface area contributed by atoms with E-state index in [1.54, 1.807) is 24.3 Å². The molecule has 5 nitrogen and oxygen atoms in total. The zero-order chi connectivity index (χ0) is 20.6. The summed E-state index contributed by atoms with van der Waals surface area (Å²) in [6.45, 7) is 0. The average Bonchev–Trinajstić information content (AvgIpc) is 2.78. The van der Waals surface area contributed by atoms with Gasteiger partial charge in [0.15, 0.2) is 0 Å². The van der Waals surface area contributed by atoms with Gasteiger partial charge in [0.2, 0.25) is 0 Å². The molecular weight excluding hydrogens is 374 g/mol. The van der Waals surface area contributed by atoms with Gasteiger partial charge in [-0.05, 0) is 72.8 Å². The number of benzene rings is 4. The fourth-order valence-corrected chi connectivity index (χ4v) is 2.87. The molecule has 0 atom stereocenters. The lowest BCUT2D eigenvalue weighted by atomic mass is 10.2. The number of rotatable bonds is 6. The third-order valence-corrected chi connectivity index (χ3v) is 4.32. The van der Waals surface area contributed by atoms with E-state index in [0.29, 0.717) is 11.4 Å². The minimum atomic E-state index is -0.525. The van der Waals surface area contributed by atoms with Gasteiger partial charge in [-0.25, -0.2) is 4.79 Å². The van der Waals surface area contributed by atoms with Crippen molar-refractivity contribution in [3.63, 3.8) is 0 Å². The zero-order valence-corrected chi connectivity index (χ0v) is 16.2. The van der Waals surface area contributed by atoms with E-state index in [1.807, 2.05) is 84.9 Å². The van der Waals surface area contributed by atoms with Crippen molar-refractivity contribution in [3.05, 3.63) is 109 Å². The number of nitrogens with one attached hydrogen (secondary N) is 3. The van der Waals surface area contributed by atoms with Crippen LogP contribution in [0.15, 0.2) is 109 Å². The molecule has 5 heteroatoms. The van der Waals surface area contributed by atoms with Crippen LogP contribution < -0.4 is 20.7 Å². The van der Waals surface area contributed by atoms with E-state index in [2.05, 4.69) is 16.0 Å². The van der Waals surface area contributed by atoms with E-state index < -0.39 is 6.09 Å². The number of carbonyl (C=O) groups is 1. The number of anilines is 5. The summed E-state index contributed by atoms with van der Waals surface area (Å²) in [6.07, 6.45) is -0.525. The zero-order valence-electron chi connectivity index (χ0n) is 16.2. The van der Waals surface area contributed by atoms with Gasteiger partial charge in [0.1, 0.15) is 5.75 Å². The van der Waals surface area contributed by atoms with E-state index in [-0.39, 0.29) is 0 Å². The van der Waals surface area contributed by atoms with Crippen LogP contribution in [0.2, 0.25) is 0 Å². The van der Waals surface area contributed by atoms with Gasteiger partial charge in [-0.2, -0.15) is 0 Å². The fraction of sp³-hybridized carbons (Fsp3) is 0. The number of amides is 1. The molecule has 0 heterocycles. The van der Waals surface area contributed by atoms with Crippen LogP contribution in [-0.4, -0.2) is 6.09 Å². The number of para-hydroxylation sites is 2. The molecular formula is C25H21N3O2. The number of hydrogen-bond acceptors (Lipinski definition) is 4. The Morgan fingerprint density at radius 2 is 0.900 bits per heavy atom. The molecule has 0 unspecified atom stereocenters. The highest BCUT2D eigenvalue weighted by Gasteiger charge is 2.05. The van der Waals surface area contributed by atoms with E-state index >= 15 is 0 Å². The number of carbonyl (C=O) groups excluding carboxylic acids is 1. The van der Waals surface area contributed by atoms with Crippen LogP contribution in [0.1, 0.15) is 0 Å². The van der Waals surface area contributed by atoms with Gasteiger partial charge in [0, 0.05) is 28.4 Å². The Hall–Kier alpha value is -4.25. The Balaban J connectivity index is 1.31. The molecule has 4 rings (SSSR count). The molecule has 0 aliphatic rings. The van der Waals surface area contributed by atoms with Crippen molar-refractivity contribution in [3.8, 4) is 5.75 Å². The lowest BCUT2D eigenvalue weighted by Crippen LogP contribution is -2.16. The lowest BCUT2D eigenvalue weighted by molar-refractivity contribution is 0.215. The molecule has 0 saturated carbocycles. The summed E-state index contributed by atoms with van der Waals surface area (Å²) in [6, 6.07) is 34.5. The van der Waals surface area contributed by atoms with Gasteiger partial charge in [0.05, 0.1) is 0 Å². The van der Waals surface area contributed by atoms with Gasteiger partial charge >= 0.3 is 6.09 Å². The number of hydrogen-bond donors (Lipinski definition) is 3. The highest BCUT2D eigenvalue weighted by atomic mass is 16.6. The van der Waals surface area contributed by atoms with Crippen molar-refractivity contribution in [2.75, 3.05) is 16.0 Å². The molecule has 3 N–H and O–H groups in total. The van der Waals surface area contributed by atoms with Crippen LogP contribution in [0.5, 0.6) is 5.75 Å². The van der Waals surface area contributed by atoms with Gasteiger partial charge in [-0.15, -0.1) is 0 Å². The molecule has 0 aliphatic heterocycles. The fourth-order valence-electron chi connectivity index (χ4n) is 2.87. The number of ether oxygens (including phenoxy) is 1. The van der Waals surface area contributed by atoms with Crippen molar-refractivity contribution < 1.29 is 9.53 Å². The maximum Gasteiger partial charge on any atom is 0.417 e. The second-order valence-electron chi connectivity index (χ2n) is 6.60. The smallest absolute Gasteiger partial charge is 0.410 e. The van der Waals surface area contributed by atoms with E-state index in [4.69, 9.17) is 4.74 Å². The van der Waals surface area contributed by atoms with Gasteiger partial charge in [0.25, 0.3) is 0 Å². The first-order valence-corrected chi connectivity index (χ1v) is 9.58. The maximum absolute atomic E-state index is 12.0. The standard InChI is InChI=1S/C25H21N3O2/c29-25(28-20-9-5-2-6-10-20)30-24-17-15-23(16-18-24)27-22-13-11-21(12-14-22)26-19-7-3-1-4-8-19/h1-18,26-27H,(H,28,29). The average molecular weight is 395 g/mol. The van der Waals surface area contributed by atoms with E-state index in [1.165, 1.54) is 0 Å². The van der Waals surface area contributed by atoms with Crippen LogP contribution in [0.3, 0.4) is 0 Å². The second-order valence-corrected chi connectivity index (χ2v) is 6.60. The van der Waals surface area contributed by atoms with Gasteiger partial charge in [-0.1, -0.05) is 36.4 Å². The lowest BCUT2D eigenvalue weighted by Gasteiger charge is -2.10. The molecule has 1 amide bonds. The Labute approximate surface area is 175 Å². The summed E-state index contributed by atoms with van der Waals surface area (Å²) < 4.78 is 5.31. The summed E-state index contributed by atoms with van der Waals surface area (Å²) in [5, 5.41) is 9.37. The molecule has 0 radical (unpaired) electrons. The molecule has 0 aliphatic carbocycles. The first-order valence-electron chi connectivity index (χ1n) is 9.58. The third kappa shape index (κ3) is 5.39. The summed E-state index contributed by atoms with van der Waals surface area (Å²) in [5.41, 5.74) is 4.61. The highest BCUT2D eigenvalue weighted by molar-refractivity contribution is 5.86. The van der Waals surface area contributed by atoms with Crippen LogP contribution in [0, 0.1) is 0 Å². The van der Waals surface area contributed by atoms with E-state index in [9.17, 15) is 4.79 Å². The monoisotopic (exact) mass is 395 g/mol. The Bertz CT molecular complexity index is 1080. The minimum absolute atomic E-state index is 0.469. The summed E-state index contributed by atoms with van der Waals surface area (Å²) in [7, 11) is 0. The predicted molar refractivity (Wildman–Crippen MR) is 122 cm³/mol. The highest BCUT2D eigenvalue weighted by Crippen LogP contribution is 2.23. The molecule has 0 fully saturated rings.